The highest BCUT2D eigenvalue weighted by molar-refractivity contribution is 5.65. The summed E-state index contributed by atoms with van der Waals surface area (Å²) in [6.07, 6.45) is 4.34. The van der Waals surface area contributed by atoms with Gasteiger partial charge in [0.25, 0.3) is 0 Å². The number of nitrogens with zero attached hydrogens (tertiary/aromatic N) is 2. The Morgan fingerprint density at radius 1 is 1.30 bits per heavy atom. The largest absolute Gasteiger partial charge is 0.490 e. The third kappa shape index (κ3) is 2.76. The maximum absolute atomic E-state index is 11.0. The van der Waals surface area contributed by atoms with Crippen LogP contribution in [0.15, 0.2) is 41.1 Å². The molecule has 6 heteroatoms. The lowest BCUT2D eigenvalue weighted by Crippen LogP contribution is -2.29. The van der Waals surface area contributed by atoms with Crippen LogP contribution in [-0.2, 0) is 0 Å². The molecule has 1 saturated heterocycles. The molecule has 23 heavy (non-hydrogen) atoms. The summed E-state index contributed by atoms with van der Waals surface area (Å²) in [5.74, 6) is 2.23. The van der Waals surface area contributed by atoms with E-state index in [-0.39, 0.29) is 6.10 Å². The van der Waals surface area contributed by atoms with Gasteiger partial charge in [-0.15, -0.1) is 0 Å². The zero-order chi connectivity index (χ0) is 15.8. The lowest BCUT2D eigenvalue weighted by Gasteiger charge is -2.18. The van der Waals surface area contributed by atoms with Crippen molar-refractivity contribution in [1.29, 1.82) is 0 Å². The smallest absolute Gasteiger partial charge is 0.407 e. The molecule has 1 unspecified atom stereocenters. The van der Waals surface area contributed by atoms with E-state index in [1.165, 1.54) is 4.90 Å². The van der Waals surface area contributed by atoms with E-state index >= 15 is 0 Å². The van der Waals surface area contributed by atoms with Crippen molar-refractivity contribution in [3.63, 3.8) is 0 Å². The quantitative estimate of drug-likeness (QED) is 0.942. The van der Waals surface area contributed by atoms with Crippen molar-refractivity contribution < 1.29 is 19.1 Å². The number of ether oxygens (including phenoxy) is 1. The third-order valence-electron chi connectivity index (χ3n) is 4.79. The molecule has 1 saturated carbocycles. The highest BCUT2D eigenvalue weighted by Gasteiger charge is 2.43. The fraction of sp³-hybridized carbons (Fsp3) is 0.412. The van der Waals surface area contributed by atoms with Crippen LogP contribution in [0, 0.1) is 11.8 Å². The first-order valence-electron chi connectivity index (χ1n) is 7.83. The van der Waals surface area contributed by atoms with Gasteiger partial charge in [-0.1, -0.05) is 6.07 Å². The van der Waals surface area contributed by atoms with Crippen LogP contribution in [0.2, 0.25) is 0 Å². The summed E-state index contributed by atoms with van der Waals surface area (Å²) in [6, 6.07) is 7.73. The van der Waals surface area contributed by atoms with Gasteiger partial charge >= 0.3 is 6.09 Å². The van der Waals surface area contributed by atoms with Crippen molar-refractivity contribution in [2.24, 2.45) is 11.8 Å². The minimum absolute atomic E-state index is 0.153. The van der Waals surface area contributed by atoms with E-state index in [4.69, 9.17) is 14.3 Å². The maximum atomic E-state index is 11.0. The summed E-state index contributed by atoms with van der Waals surface area (Å²) in [7, 11) is 0. The SMILES string of the molecule is O=C(O)N1C[C@H]2CC(Oc3cccc(-c4ncco4)c3)C[C@H]2C1. The van der Waals surface area contributed by atoms with Gasteiger partial charge in [0, 0.05) is 18.7 Å². The number of benzene rings is 1. The first kappa shape index (κ1) is 14.1. The van der Waals surface area contributed by atoms with Gasteiger partial charge < -0.3 is 19.2 Å². The van der Waals surface area contributed by atoms with E-state index in [1.54, 1.807) is 12.5 Å². The lowest BCUT2D eigenvalue weighted by atomic mass is 10.0. The Bertz CT molecular complexity index is 686. The van der Waals surface area contributed by atoms with Crippen LogP contribution in [0.1, 0.15) is 12.8 Å². The molecule has 1 aromatic heterocycles. The van der Waals surface area contributed by atoms with E-state index in [0.717, 1.165) is 24.2 Å². The molecule has 3 atom stereocenters. The molecule has 6 nitrogen and oxygen atoms in total. The van der Waals surface area contributed by atoms with Crippen LogP contribution in [0.3, 0.4) is 0 Å². The molecule has 1 N–H and O–H groups in total. The molecular weight excluding hydrogens is 296 g/mol. The molecule has 2 fully saturated rings. The zero-order valence-electron chi connectivity index (χ0n) is 12.6. The number of carboxylic acid groups (broad SMARTS) is 1. The molecule has 2 aliphatic rings. The van der Waals surface area contributed by atoms with Gasteiger partial charge in [-0.05, 0) is 42.9 Å². The van der Waals surface area contributed by atoms with Gasteiger partial charge in [0.15, 0.2) is 0 Å². The van der Waals surface area contributed by atoms with Crippen LogP contribution in [-0.4, -0.2) is 40.3 Å². The lowest BCUT2D eigenvalue weighted by molar-refractivity contribution is 0.144. The van der Waals surface area contributed by atoms with Crippen molar-refractivity contribution >= 4 is 6.09 Å². The number of hydrogen-bond donors (Lipinski definition) is 1. The molecule has 0 spiro atoms. The molecule has 4 rings (SSSR count). The normalized spacial score (nSPS) is 26.3. The second-order valence-corrected chi connectivity index (χ2v) is 6.28. The van der Waals surface area contributed by atoms with Gasteiger partial charge in [-0.3, -0.25) is 0 Å². The van der Waals surface area contributed by atoms with E-state index < -0.39 is 6.09 Å². The second-order valence-electron chi connectivity index (χ2n) is 6.28. The minimum Gasteiger partial charge on any atom is -0.490 e. The predicted molar refractivity (Wildman–Crippen MR) is 82.2 cm³/mol. The van der Waals surface area contributed by atoms with Gasteiger partial charge in [-0.25, -0.2) is 9.78 Å². The summed E-state index contributed by atoms with van der Waals surface area (Å²) < 4.78 is 11.4. The Morgan fingerprint density at radius 3 is 2.74 bits per heavy atom. The molecule has 1 aliphatic carbocycles. The van der Waals surface area contributed by atoms with E-state index in [9.17, 15) is 4.79 Å². The maximum Gasteiger partial charge on any atom is 0.407 e. The molecule has 2 aromatic rings. The van der Waals surface area contributed by atoms with Gasteiger partial charge in [0.1, 0.15) is 12.0 Å². The number of amides is 1. The predicted octanol–water partition coefficient (Wildman–Crippen LogP) is 3.11. The van der Waals surface area contributed by atoms with Crippen molar-refractivity contribution in [2.75, 3.05) is 13.1 Å². The number of oxazole rings is 1. The number of fused-ring (bicyclic) bond motifs is 1. The topological polar surface area (TPSA) is 75.8 Å². The molecule has 120 valence electrons. The number of carbonyl (C=O) groups is 1. The summed E-state index contributed by atoms with van der Waals surface area (Å²) in [5.41, 5.74) is 0.891. The Balaban J connectivity index is 1.41. The van der Waals surface area contributed by atoms with Crippen molar-refractivity contribution in [1.82, 2.24) is 9.88 Å². The second kappa shape index (κ2) is 5.61. The fourth-order valence-corrected chi connectivity index (χ4v) is 3.76. The molecule has 1 aromatic carbocycles. The van der Waals surface area contributed by atoms with E-state index in [0.29, 0.717) is 30.8 Å². The van der Waals surface area contributed by atoms with Gasteiger partial charge in [-0.2, -0.15) is 0 Å². The monoisotopic (exact) mass is 314 g/mol. The average Bonchev–Trinajstić information content (AvgIpc) is 3.23. The minimum atomic E-state index is -0.810. The highest BCUT2D eigenvalue weighted by atomic mass is 16.5. The third-order valence-corrected chi connectivity index (χ3v) is 4.79. The Labute approximate surface area is 133 Å². The Morgan fingerprint density at radius 2 is 2.09 bits per heavy atom. The van der Waals surface area contributed by atoms with E-state index in [2.05, 4.69) is 4.98 Å². The average molecular weight is 314 g/mol. The van der Waals surface area contributed by atoms with Crippen molar-refractivity contribution in [3.8, 4) is 17.2 Å². The van der Waals surface area contributed by atoms with Crippen LogP contribution < -0.4 is 4.74 Å². The van der Waals surface area contributed by atoms with Crippen molar-refractivity contribution in [3.05, 3.63) is 36.7 Å². The number of rotatable bonds is 3. The summed E-state index contributed by atoms with van der Waals surface area (Å²) in [6.45, 7) is 1.27. The Kier molecular flexibility index (Phi) is 3.44. The van der Waals surface area contributed by atoms with Crippen molar-refractivity contribution in [2.45, 2.75) is 18.9 Å². The van der Waals surface area contributed by atoms with E-state index in [1.807, 2.05) is 24.3 Å². The standard InChI is InChI=1S/C17H18N2O4/c20-17(21)19-9-12-7-15(8-13(12)10-19)23-14-3-1-2-11(6-14)16-18-4-5-22-16/h1-6,12-13,15H,7-10H2,(H,20,21)/t12-,13+,15?. The fourth-order valence-electron chi connectivity index (χ4n) is 3.76. The molecule has 1 aliphatic heterocycles. The molecule has 1 amide bonds. The van der Waals surface area contributed by atoms with Crippen LogP contribution in [0.4, 0.5) is 4.79 Å². The summed E-state index contributed by atoms with van der Waals surface area (Å²) >= 11 is 0. The van der Waals surface area contributed by atoms with Gasteiger partial charge in [0.2, 0.25) is 5.89 Å². The molecule has 0 bridgehead atoms. The zero-order valence-corrected chi connectivity index (χ0v) is 12.6. The molecular formula is C17H18N2O4. The number of likely N-dealkylation sites (tertiary alicyclic amines) is 1. The first-order valence-corrected chi connectivity index (χ1v) is 7.83. The van der Waals surface area contributed by atoms with Crippen LogP contribution in [0.5, 0.6) is 5.75 Å². The van der Waals surface area contributed by atoms with Gasteiger partial charge in [0.05, 0.1) is 12.3 Å². The summed E-state index contributed by atoms with van der Waals surface area (Å²) in [4.78, 5) is 16.7. The molecule has 0 radical (unpaired) electrons. The molecule has 2 heterocycles. The number of hydrogen-bond acceptors (Lipinski definition) is 4. The van der Waals surface area contributed by atoms with Crippen LogP contribution in [0.25, 0.3) is 11.5 Å². The first-order chi connectivity index (χ1) is 11.2. The van der Waals surface area contributed by atoms with Crippen LogP contribution >= 0.6 is 0 Å². The summed E-state index contributed by atoms with van der Waals surface area (Å²) in [5, 5.41) is 9.07. The Hall–Kier alpha value is -2.50. The highest BCUT2D eigenvalue weighted by Crippen LogP contribution is 2.40. The number of aromatic nitrogens is 1.